The molecule has 2 N–H and O–H groups in total. The highest BCUT2D eigenvalue weighted by atomic mass is 16.3. The van der Waals surface area contributed by atoms with Gasteiger partial charge in [-0.05, 0) is 45.1 Å². The highest BCUT2D eigenvalue weighted by Gasteiger charge is 2.21. The van der Waals surface area contributed by atoms with Crippen LogP contribution in [0.1, 0.15) is 18.9 Å². The van der Waals surface area contributed by atoms with Crippen molar-refractivity contribution in [3.63, 3.8) is 0 Å². The summed E-state index contributed by atoms with van der Waals surface area (Å²) in [5.74, 6) is 0.180. The molecule has 0 amide bonds. The second-order valence-electron chi connectivity index (χ2n) is 5.04. The predicted molar refractivity (Wildman–Crippen MR) is 70.0 cm³/mol. The van der Waals surface area contributed by atoms with Crippen LogP contribution in [-0.4, -0.2) is 39.7 Å². The van der Waals surface area contributed by atoms with E-state index in [4.69, 9.17) is 0 Å². The van der Waals surface area contributed by atoms with Crippen LogP contribution in [0.5, 0.6) is 5.75 Å². The number of aromatic hydroxyl groups is 1. The maximum absolute atomic E-state index is 12.0. The summed E-state index contributed by atoms with van der Waals surface area (Å²) in [6.45, 7) is 2.03. The molecule has 1 aliphatic rings. The van der Waals surface area contributed by atoms with Crippen molar-refractivity contribution in [2.45, 2.75) is 18.9 Å². The molecule has 1 aromatic heterocycles. The molecule has 0 aliphatic carbocycles. The van der Waals surface area contributed by atoms with Crippen LogP contribution in [-0.2, 0) is 0 Å². The highest BCUT2D eigenvalue weighted by Crippen LogP contribution is 2.25. The lowest BCUT2D eigenvalue weighted by molar-refractivity contribution is 0.221. The molecule has 0 unspecified atom stereocenters. The Kier molecular flexibility index (Phi) is 2.63. The van der Waals surface area contributed by atoms with Crippen molar-refractivity contribution in [1.29, 1.82) is 0 Å². The van der Waals surface area contributed by atoms with E-state index in [9.17, 15) is 9.90 Å². The first kappa shape index (κ1) is 11.3. The average Bonchev–Trinajstić information content (AvgIpc) is 2.65. The van der Waals surface area contributed by atoms with Gasteiger partial charge in [-0.25, -0.2) is 4.79 Å². The number of likely N-dealkylation sites (tertiary alicyclic amines) is 1. The number of nitrogens with zero attached hydrogens (tertiary/aromatic N) is 2. The first-order chi connectivity index (χ1) is 8.65. The molecular weight excluding hydrogens is 230 g/mol. The summed E-state index contributed by atoms with van der Waals surface area (Å²) in [5, 5.41) is 9.44. The van der Waals surface area contributed by atoms with Crippen LogP contribution in [0.3, 0.4) is 0 Å². The van der Waals surface area contributed by atoms with Gasteiger partial charge in [0.25, 0.3) is 0 Å². The molecular formula is C13H17N3O2. The number of nitrogens with one attached hydrogen (secondary N) is 1. The fraction of sp³-hybridized carbons (Fsp3) is 0.462. The minimum Gasteiger partial charge on any atom is -0.508 e. The lowest BCUT2D eigenvalue weighted by Gasteiger charge is -2.29. The van der Waals surface area contributed by atoms with E-state index in [-0.39, 0.29) is 17.5 Å². The molecule has 0 saturated carbocycles. The number of aromatic amines is 1. The number of imidazole rings is 1. The van der Waals surface area contributed by atoms with Crippen LogP contribution in [0.15, 0.2) is 23.0 Å². The molecule has 0 bridgehead atoms. The number of hydrogen-bond acceptors (Lipinski definition) is 3. The van der Waals surface area contributed by atoms with E-state index in [0.29, 0.717) is 5.52 Å². The number of hydrogen-bond donors (Lipinski definition) is 2. The molecule has 0 spiro atoms. The van der Waals surface area contributed by atoms with Gasteiger partial charge in [-0.2, -0.15) is 0 Å². The van der Waals surface area contributed by atoms with Crippen molar-refractivity contribution < 1.29 is 5.11 Å². The van der Waals surface area contributed by atoms with Crippen LogP contribution in [0.25, 0.3) is 11.0 Å². The Hall–Kier alpha value is -1.75. The quantitative estimate of drug-likeness (QED) is 0.798. The molecule has 1 aromatic carbocycles. The van der Waals surface area contributed by atoms with E-state index in [1.54, 1.807) is 18.2 Å². The Labute approximate surface area is 105 Å². The summed E-state index contributed by atoms with van der Waals surface area (Å²) in [4.78, 5) is 17.1. The fourth-order valence-electron chi connectivity index (χ4n) is 2.73. The summed E-state index contributed by atoms with van der Waals surface area (Å²) in [6, 6.07) is 5.29. The molecule has 1 saturated heterocycles. The molecule has 1 aliphatic heterocycles. The Bertz CT molecular complexity index is 621. The Balaban J connectivity index is 2.06. The van der Waals surface area contributed by atoms with Gasteiger partial charge < -0.3 is 15.0 Å². The minimum atomic E-state index is -0.0786. The fourth-order valence-corrected chi connectivity index (χ4v) is 2.73. The third kappa shape index (κ3) is 1.80. The van der Waals surface area contributed by atoms with Gasteiger partial charge in [-0.15, -0.1) is 0 Å². The SMILES string of the molecule is CN1CCC(n2c(=O)[nH]c3cc(O)ccc32)CC1. The Morgan fingerprint density at radius 3 is 2.78 bits per heavy atom. The molecule has 0 radical (unpaired) electrons. The van der Waals surface area contributed by atoms with E-state index >= 15 is 0 Å². The van der Waals surface area contributed by atoms with Crippen molar-refractivity contribution in [1.82, 2.24) is 14.5 Å². The number of H-pyrrole nitrogens is 1. The average molecular weight is 247 g/mol. The summed E-state index contributed by atoms with van der Waals surface area (Å²) in [5.41, 5.74) is 1.51. The number of rotatable bonds is 1. The van der Waals surface area contributed by atoms with Gasteiger partial charge in [0.05, 0.1) is 11.0 Å². The van der Waals surface area contributed by atoms with Gasteiger partial charge >= 0.3 is 5.69 Å². The van der Waals surface area contributed by atoms with Gasteiger partial charge in [-0.1, -0.05) is 0 Å². The molecule has 3 rings (SSSR count). The maximum atomic E-state index is 12.0. The number of fused-ring (bicyclic) bond motifs is 1. The normalized spacial score (nSPS) is 18.5. The number of phenols is 1. The second-order valence-corrected chi connectivity index (χ2v) is 5.04. The molecule has 96 valence electrons. The molecule has 2 heterocycles. The van der Waals surface area contributed by atoms with Crippen LogP contribution in [0.2, 0.25) is 0 Å². The third-order valence-electron chi connectivity index (χ3n) is 3.75. The van der Waals surface area contributed by atoms with Crippen molar-refractivity contribution in [3.05, 3.63) is 28.7 Å². The zero-order chi connectivity index (χ0) is 12.7. The van der Waals surface area contributed by atoms with Gasteiger partial charge in [0.1, 0.15) is 5.75 Å². The predicted octanol–water partition coefficient (Wildman–Crippen LogP) is 1.30. The Morgan fingerprint density at radius 2 is 2.06 bits per heavy atom. The molecule has 5 heteroatoms. The van der Waals surface area contributed by atoms with Gasteiger partial charge in [0, 0.05) is 12.1 Å². The molecule has 5 nitrogen and oxygen atoms in total. The maximum Gasteiger partial charge on any atom is 0.326 e. The van der Waals surface area contributed by atoms with Crippen molar-refractivity contribution in [2.24, 2.45) is 0 Å². The van der Waals surface area contributed by atoms with E-state index in [1.165, 1.54) is 0 Å². The third-order valence-corrected chi connectivity index (χ3v) is 3.75. The van der Waals surface area contributed by atoms with Crippen molar-refractivity contribution in [2.75, 3.05) is 20.1 Å². The molecule has 18 heavy (non-hydrogen) atoms. The highest BCUT2D eigenvalue weighted by molar-refractivity contribution is 5.77. The van der Waals surface area contributed by atoms with E-state index < -0.39 is 0 Å². The second kappa shape index (κ2) is 4.17. The number of phenolic OH excluding ortho intramolecular Hbond substituents is 1. The largest absolute Gasteiger partial charge is 0.508 e. The lowest BCUT2D eigenvalue weighted by Crippen LogP contribution is -2.34. The first-order valence-corrected chi connectivity index (χ1v) is 6.27. The smallest absolute Gasteiger partial charge is 0.326 e. The standard InChI is InChI=1S/C13H17N3O2/c1-15-6-4-9(5-7-15)16-12-3-2-10(17)8-11(12)14-13(16)18/h2-3,8-9,17H,4-7H2,1H3,(H,14,18). The Morgan fingerprint density at radius 1 is 1.33 bits per heavy atom. The number of piperidine rings is 1. The van der Waals surface area contributed by atoms with E-state index in [0.717, 1.165) is 31.4 Å². The molecule has 2 aromatic rings. The molecule has 1 fully saturated rings. The minimum absolute atomic E-state index is 0.0786. The lowest BCUT2D eigenvalue weighted by atomic mass is 10.1. The van der Waals surface area contributed by atoms with Crippen molar-refractivity contribution in [3.8, 4) is 5.75 Å². The van der Waals surface area contributed by atoms with Gasteiger partial charge in [0.2, 0.25) is 0 Å². The first-order valence-electron chi connectivity index (χ1n) is 6.27. The van der Waals surface area contributed by atoms with E-state index in [1.807, 2.05) is 4.57 Å². The van der Waals surface area contributed by atoms with Crippen LogP contribution >= 0.6 is 0 Å². The summed E-state index contributed by atoms with van der Waals surface area (Å²) in [7, 11) is 2.10. The zero-order valence-corrected chi connectivity index (χ0v) is 10.4. The van der Waals surface area contributed by atoms with Crippen molar-refractivity contribution >= 4 is 11.0 Å². The van der Waals surface area contributed by atoms with E-state index in [2.05, 4.69) is 16.9 Å². The monoisotopic (exact) mass is 247 g/mol. The number of aromatic nitrogens is 2. The van der Waals surface area contributed by atoms with Gasteiger partial charge in [0.15, 0.2) is 0 Å². The van der Waals surface area contributed by atoms with Crippen LogP contribution < -0.4 is 5.69 Å². The van der Waals surface area contributed by atoms with Crippen LogP contribution in [0.4, 0.5) is 0 Å². The summed E-state index contributed by atoms with van der Waals surface area (Å²) >= 11 is 0. The topological polar surface area (TPSA) is 61.3 Å². The zero-order valence-electron chi connectivity index (χ0n) is 10.4. The summed E-state index contributed by atoms with van der Waals surface area (Å²) < 4.78 is 1.84. The van der Waals surface area contributed by atoms with Gasteiger partial charge in [-0.3, -0.25) is 4.57 Å². The van der Waals surface area contributed by atoms with Crippen LogP contribution in [0, 0.1) is 0 Å². The molecule has 0 atom stereocenters. The summed E-state index contributed by atoms with van der Waals surface area (Å²) in [6.07, 6.45) is 1.98. The number of benzene rings is 1.